The summed E-state index contributed by atoms with van der Waals surface area (Å²) in [6.07, 6.45) is -15.0. The van der Waals surface area contributed by atoms with Crippen LogP contribution in [-0.2, 0) is 9.09 Å². The van der Waals surface area contributed by atoms with Gasteiger partial charge in [0.15, 0.2) is 0 Å². The molecule has 0 aliphatic carbocycles. The van der Waals surface area contributed by atoms with Crippen LogP contribution in [0.4, 0.5) is 57.1 Å². The normalized spacial score (nSPS) is 15.8. The Labute approximate surface area is 143 Å². The summed E-state index contributed by atoms with van der Waals surface area (Å²) in [5.41, 5.74) is 0. The predicted octanol–water partition coefficient (Wildman–Crippen LogP) is 2.15. The second-order valence-electron chi connectivity index (χ2n) is 3.85. The smallest absolute Gasteiger partial charge is 0.790 e. The Morgan fingerprint density at radius 2 is 0.880 bits per heavy atom. The number of rotatable bonds is 6. The third-order valence-electron chi connectivity index (χ3n) is 2.13. The molecular weight excluding hydrogens is 438 g/mol. The maximum atomic E-state index is 12.7. The summed E-state index contributed by atoms with van der Waals surface area (Å²) in [4.78, 5) is 19.4. The molecule has 0 bridgehead atoms. The van der Waals surface area contributed by atoms with Crippen molar-refractivity contribution in [3.8, 4) is 0 Å². The minimum Gasteiger partial charge on any atom is -0.790 e. The number of alkyl halides is 13. The molecule has 0 fully saturated rings. The zero-order valence-electron chi connectivity index (χ0n) is 10.7. The van der Waals surface area contributed by atoms with E-state index < -0.39 is 43.8 Å². The summed E-state index contributed by atoms with van der Waals surface area (Å²) in [6.45, 7) is 0. The number of hydrogen-bond donors (Lipinski definition) is 0. The minimum atomic E-state index is -8.22. The van der Waals surface area contributed by atoms with E-state index >= 15 is 0 Å². The summed E-state index contributed by atoms with van der Waals surface area (Å²) in [6, 6.07) is 0. The van der Waals surface area contributed by atoms with Crippen molar-refractivity contribution in [2.24, 2.45) is 0 Å². The van der Waals surface area contributed by atoms with Crippen LogP contribution in [0.2, 0.25) is 0 Å². The Balaban J connectivity index is 0. The molecule has 0 aromatic heterocycles. The molecule has 0 unspecified atom stereocenters. The SMILES string of the molecule is O=P([O-])([O-])OC(F)(F)C(F)(F)C(F)(F)C(F)(F)C(F)(F)C(F)(F)F.[Mg+2]. The average Bonchev–Trinajstić information content (AvgIpc) is 2.22. The van der Waals surface area contributed by atoms with Crippen molar-refractivity contribution in [2.45, 2.75) is 36.0 Å². The maximum Gasteiger partial charge on any atom is 2.00 e. The number of phosphoric ester groups is 1. The quantitative estimate of drug-likeness (QED) is 0.362. The van der Waals surface area contributed by atoms with Gasteiger partial charge in [0.05, 0.1) is 7.82 Å². The molecule has 0 aromatic rings. The van der Waals surface area contributed by atoms with E-state index in [9.17, 15) is 71.4 Å². The second-order valence-corrected chi connectivity index (χ2v) is 4.93. The molecular formula is C6F13MgO4P. The Morgan fingerprint density at radius 3 is 1.12 bits per heavy atom. The molecule has 25 heavy (non-hydrogen) atoms. The van der Waals surface area contributed by atoms with Crippen LogP contribution in [0.3, 0.4) is 0 Å². The minimum absolute atomic E-state index is 0. The van der Waals surface area contributed by atoms with Crippen LogP contribution in [-0.4, -0.2) is 59.0 Å². The topological polar surface area (TPSA) is 72.4 Å². The van der Waals surface area contributed by atoms with E-state index in [4.69, 9.17) is 0 Å². The number of hydrogen-bond acceptors (Lipinski definition) is 4. The number of phosphoric acid groups is 1. The van der Waals surface area contributed by atoms with Crippen molar-refractivity contribution in [3.05, 3.63) is 0 Å². The summed E-state index contributed by atoms with van der Waals surface area (Å²) in [5.74, 6) is -32.4. The monoisotopic (exact) mass is 438 g/mol. The molecule has 0 aliphatic heterocycles. The molecule has 0 spiro atoms. The Morgan fingerprint density at radius 1 is 0.600 bits per heavy atom. The van der Waals surface area contributed by atoms with Crippen LogP contribution in [0, 0.1) is 0 Å². The molecule has 4 nitrogen and oxygen atoms in total. The number of halogens is 13. The van der Waals surface area contributed by atoms with Gasteiger partial charge in [0, 0.05) is 0 Å². The zero-order valence-corrected chi connectivity index (χ0v) is 13.0. The van der Waals surface area contributed by atoms with Gasteiger partial charge in [-0.2, -0.15) is 57.1 Å². The first kappa shape index (κ1) is 27.2. The van der Waals surface area contributed by atoms with E-state index in [0.29, 0.717) is 0 Å². The Kier molecular flexibility index (Phi) is 7.45. The summed E-state index contributed by atoms with van der Waals surface area (Å²) in [5, 5.41) is 0. The van der Waals surface area contributed by atoms with Crippen molar-refractivity contribution in [1.29, 1.82) is 0 Å². The third-order valence-corrected chi connectivity index (χ3v) is 2.58. The van der Waals surface area contributed by atoms with Gasteiger partial charge in [0.25, 0.3) is 0 Å². The average molecular weight is 438 g/mol. The van der Waals surface area contributed by atoms with Crippen LogP contribution in [0.15, 0.2) is 0 Å². The van der Waals surface area contributed by atoms with Gasteiger partial charge in [-0.15, -0.1) is 0 Å². The van der Waals surface area contributed by atoms with Crippen molar-refractivity contribution < 1.29 is 76.0 Å². The van der Waals surface area contributed by atoms with Crippen LogP contribution in [0.1, 0.15) is 0 Å². The van der Waals surface area contributed by atoms with Crippen LogP contribution in [0.5, 0.6) is 0 Å². The van der Waals surface area contributed by atoms with Gasteiger partial charge < -0.3 is 14.4 Å². The molecule has 0 heterocycles. The van der Waals surface area contributed by atoms with Crippen LogP contribution in [0.25, 0.3) is 0 Å². The van der Waals surface area contributed by atoms with E-state index in [-0.39, 0.29) is 23.1 Å². The van der Waals surface area contributed by atoms with Crippen LogP contribution >= 0.6 is 7.82 Å². The molecule has 0 saturated carbocycles. The molecule has 0 rings (SSSR count). The molecule has 0 aliphatic rings. The molecule has 0 saturated heterocycles. The van der Waals surface area contributed by atoms with Crippen molar-refractivity contribution in [2.75, 3.05) is 0 Å². The van der Waals surface area contributed by atoms with Gasteiger partial charge in [-0.05, 0) is 0 Å². The first-order valence-electron chi connectivity index (χ1n) is 4.64. The van der Waals surface area contributed by atoms with E-state index in [1.807, 2.05) is 0 Å². The van der Waals surface area contributed by atoms with E-state index in [2.05, 4.69) is 0 Å². The third kappa shape index (κ3) is 4.45. The van der Waals surface area contributed by atoms with Gasteiger partial charge in [0.1, 0.15) is 0 Å². The second kappa shape index (κ2) is 6.85. The molecule has 19 heteroatoms. The van der Waals surface area contributed by atoms with E-state index in [0.717, 1.165) is 0 Å². The van der Waals surface area contributed by atoms with Gasteiger partial charge in [-0.1, -0.05) is 0 Å². The van der Waals surface area contributed by atoms with Crippen molar-refractivity contribution in [1.82, 2.24) is 0 Å². The first-order valence-corrected chi connectivity index (χ1v) is 6.10. The fraction of sp³-hybridized carbons (Fsp3) is 1.00. The Hall–Kier alpha value is -0.0338. The predicted molar refractivity (Wildman–Crippen MR) is 45.2 cm³/mol. The molecule has 0 N–H and O–H groups in total. The van der Waals surface area contributed by atoms with E-state index in [1.54, 1.807) is 4.52 Å². The van der Waals surface area contributed by atoms with Crippen molar-refractivity contribution in [3.63, 3.8) is 0 Å². The van der Waals surface area contributed by atoms with Gasteiger partial charge in [-0.25, -0.2) is 0 Å². The summed E-state index contributed by atoms with van der Waals surface area (Å²) < 4.78 is 172. The fourth-order valence-electron chi connectivity index (χ4n) is 0.953. The summed E-state index contributed by atoms with van der Waals surface area (Å²) in [7, 11) is -7.30. The van der Waals surface area contributed by atoms with Gasteiger partial charge >= 0.3 is 59.0 Å². The summed E-state index contributed by atoms with van der Waals surface area (Å²) >= 11 is 0. The van der Waals surface area contributed by atoms with Crippen LogP contribution < -0.4 is 9.79 Å². The zero-order chi connectivity index (χ0) is 20.2. The fourth-order valence-corrected chi connectivity index (χ4v) is 1.35. The van der Waals surface area contributed by atoms with Gasteiger partial charge in [0.2, 0.25) is 0 Å². The standard InChI is InChI=1S/C6H2F13O4P.Mg/c7-1(8,3(11,12)5(15,16)17)2(9,10)4(13,14)6(18,19)23-24(20,21)22;/h(H2,20,21,22);/q;+2/p-2. The molecule has 0 amide bonds. The molecule has 0 aromatic carbocycles. The maximum absolute atomic E-state index is 12.7. The largest absolute Gasteiger partial charge is 2.00 e. The van der Waals surface area contributed by atoms with E-state index in [1.165, 1.54) is 0 Å². The van der Waals surface area contributed by atoms with Gasteiger partial charge in [-0.3, -0.25) is 4.52 Å². The Bertz CT molecular complexity index is 525. The molecule has 0 atom stereocenters. The molecule has 0 radical (unpaired) electrons. The molecule has 146 valence electrons. The van der Waals surface area contributed by atoms with Crippen molar-refractivity contribution >= 4 is 30.9 Å². The first-order chi connectivity index (χ1) is 9.96.